The van der Waals surface area contributed by atoms with Crippen LogP contribution < -0.4 is 24.6 Å². The number of aryl methyl sites for hydroxylation is 1. The third-order valence-electron chi connectivity index (χ3n) is 6.02. The highest BCUT2D eigenvalue weighted by Crippen LogP contribution is 2.23. The molecule has 10 heteroatoms. The van der Waals surface area contributed by atoms with Crippen molar-refractivity contribution in [3.63, 3.8) is 0 Å². The summed E-state index contributed by atoms with van der Waals surface area (Å²) >= 11 is 5.95. The number of anilines is 2. The van der Waals surface area contributed by atoms with Gasteiger partial charge in [0.05, 0.1) is 6.54 Å². The van der Waals surface area contributed by atoms with Gasteiger partial charge < -0.3 is 24.6 Å². The number of amides is 1. The molecule has 2 aromatic rings. The summed E-state index contributed by atoms with van der Waals surface area (Å²) in [4.78, 5) is 30.5. The van der Waals surface area contributed by atoms with Gasteiger partial charge in [-0.05, 0) is 69.2 Å². The molecule has 2 aliphatic rings. The van der Waals surface area contributed by atoms with Gasteiger partial charge in [-0.15, -0.1) is 0 Å². The van der Waals surface area contributed by atoms with Gasteiger partial charge in [0.15, 0.2) is 6.61 Å². The van der Waals surface area contributed by atoms with Crippen molar-refractivity contribution in [3.8, 4) is 11.8 Å². The summed E-state index contributed by atoms with van der Waals surface area (Å²) in [6.07, 6.45) is 7.06. The molecule has 3 heterocycles. The number of hydrogen-bond donors (Lipinski definition) is 1. The minimum absolute atomic E-state index is 0.0769. The van der Waals surface area contributed by atoms with Crippen molar-refractivity contribution in [1.82, 2.24) is 20.3 Å². The first-order chi connectivity index (χ1) is 16.6. The van der Waals surface area contributed by atoms with Crippen LogP contribution in [0.2, 0.25) is 5.02 Å². The number of benzene rings is 1. The smallest absolute Gasteiger partial charge is 0.323 e. The average molecular weight is 489 g/mol. The quantitative estimate of drug-likeness (QED) is 0.537. The van der Waals surface area contributed by atoms with Gasteiger partial charge in [0, 0.05) is 31.2 Å². The number of rotatable bonds is 9. The molecular formula is C24H33ClN6O3. The molecule has 2 fully saturated rings. The molecule has 9 nitrogen and oxygen atoms in total. The molecule has 34 heavy (non-hydrogen) atoms. The lowest BCUT2D eigenvalue weighted by molar-refractivity contribution is -0.123. The van der Waals surface area contributed by atoms with Gasteiger partial charge in [0.1, 0.15) is 12.4 Å². The molecule has 0 aliphatic carbocycles. The topological polar surface area (TPSA) is 92.7 Å². The zero-order chi connectivity index (χ0) is 23.8. The third kappa shape index (κ3) is 6.85. The van der Waals surface area contributed by atoms with Gasteiger partial charge in [-0.3, -0.25) is 4.79 Å². The average Bonchev–Trinajstić information content (AvgIpc) is 2.87. The maximum absolute atomic E-state index is 12.2. The Bertz CT molecular complexity index is 927. The van der Waals surface area contributed by atoms with E-state index in [1.165, 1.54) is 12.8 Å². The van der Waals surface area contributed by atoms with Crippen LogP contribution >= 0.6 is 11.6 Å². The lowest BCUT2D eigenvalue weighted by Crippen LogP contribution is -2.35. The number of carbonyl (C=O) groups is 1. The molecule has 0 radical (unpaired) electrons. The standard InChI is InChI=1S/C24H33ClN6O3/c1-18-16-19(25)8-9-20(18)34-17-21(32)26-10-15-33-24-28-22(30-11-4-2-5-12-30)27-23(29-24)31-13-6-3-7-14-31/h8-9,16H,2-7,10-15,17H2,1H3,(H,26,32). The Balaban J connectivity index is 1.30. The van der Waals surface area contributed by atoms with E-state index >= 15 is 0 Å². The van der Waals surface area contributed by atoms with Gasteiger partial charge in [-0.25, -0.2) is 0 Å². The van der Waals surface area contributed by atoms with Crippen molar-refractivity contribution in [2.75, 3.05) is 55.7 Å². The molecule has 0 spiro atoms. The van der Waals surface area contributed by atoms with Crippen LogP contribution in [0, 0.1) is 6.92 Å². The Labute approximate surface area is 205 Å². The molecule has 1 aromatic carbocycles. The van der Waals surface area contributed by atoms with E-state index in [1.54, 1.807) is 18.2 Å². The second kappa shape index (κ2) is 12.1. The van der Waals surface area contributed by atoms with Crippen molar-refractivity contribution in [2.24, 2.45) is 0 Å². The molecule has 0 saturated carbocycles. The van der Waals surface area contributed by atoms with E-state index in [0.717, 1.165) is 57.4 Å². The molecule has 1 aromatic heterocycles. The highest BCUT2D eigenvalue weighted by Gasteiger charge is 2.20. The number of nitrogens with one attached hydrogen (secondary N) is 1. The molecule has 1 amide bonds. The molecule has 184 valence electrons. The summed E-state index contributed by atoms with van der Waals surface area (Å²) in [5.41, 5.74) is 0.882. The van der Waals surface area contributed by atoms with Crippen molar-refractivity contribution in [1.29, 1.82) is 0 Å². The monoisotopic (exact) mass is 488 g/mol. The molecule has 0 unspecified atom stereocenters. The van der Waals surface area contributed by atoms with Crippen LogP contribution in [0.5, 0.6) is 11.8 Å². The molecular weight excluding hydrogens is 456 g/mol. The van der Waals surface area contributed by atoms with Crippen LogP contribution in [0.3, 0.4) is 0 Å². The molecule has 2 saturated heterocycles. The van der Waals surface area contributed by atoms with Gasteiger partial charge >= 0.3 is 6.01 Å². The van der Waals surface area contributed by atoms with Gasteiger partial charge in [-0.2, -0.15) is 15.0 Å². The fourth-order valence-corrected chi connectivity index (χ4v) is 4.40. The predicted octanol–water partition coefficient (Wildman–Crippen LogP) is 3.39. The number of halogens is 1. The lowest BCUT2D eigenvalue weighted by atomic mass is 10.1. The summed E-state index contributed by atoms with van der Waals surface area (Å²) in [5, 5.41) is 3.44. The lowest BCUT2D eigenvalue weighted by Gasteiger charge is -2.30. The van der Waals surface area contributed by atoms with Gasteiger partial charge in [0.25, 0.3) is 5.91 Å². The highest BCUT2D eigenvalue weighted by atomic mass is 35.5. The highest BCUT2D eigenvalue weighted by molar-refractivity contribution is 6.30. The maximum Gasteiger partial charge on any atom is 0.323 e. The Hall–Kier alpha value is -2.81. The van der Waals surface area contributed by atoms with E-state index in [4.69, 9.17) is 26.1 Å². The van der Waals surface area contributed by atoms with Crippen LogP contribution in [0.15, 0.2) is 18.2 Å². The molecule has 2 aliphatic heterocycles. The number of aromatic nitrogens is 3. The van der Waals surface area contributed by atoms with Crippen molar-refractivity contribution in [2.45, 2.75) is 45.4 Å². The van der Waals surface area contributed by atoms with E-state index < -0.39 is 0 Å². The second-order valence-electron chi connectivity index (χ2n) is 8.71. The normalized spacial score (nSPS) is 16.3. The van der Waals surface area contributed by atoms with E-state index in [1.807, 2.05) is 6.92 Å². The van der Waals surface area contributed by atoms with Crippen LogP contribution in [0.4, 0.5) is 11.9 Å². The van der Waals surface area contributed by atoms with E-state index in [9.17, 15) is 4.79 Å². The minimum atomic E-state index is -0.225. The summed E-state index contributed by atoms with van der Waals surface area (Å²) in [6, 6.07) is 5.60. The zero-order valence-electron chi connectivity index (χ0n) is 19.8. The first-order valence-corrected chi connectivity index (χ1v) is 12.5. The Morgan fingerprint density at radius 3 is 2.15 bits per heavy atom. The fourth-order valence-electron chi connectivity index (χ4n) is 4.17. The Kier molecular flexibility index (Phi) is 8.62. The number of ether oxygens (including phenoxy) is 2. The van der Waals surface area contributed by atoms with Crippen molar-refractivity contribution >= 4 is 29.4 Å². The number of hydrogen-bond acceptors (Lipinski definition) is 8. The number of piperidine rings is 2. The van der Waals surface area contributed by atoms with Crippen LogP contribution in [-0.2, 0) is 4.79 Å². The van der Waals surface area contributed by atoms with Crippen LogP contribution in [0.25, 0.3) is 0 Å². The third-order valence-corrected chi connectivity index (χ3v) is 6.26. The summed E-state index contributed by atoms with van der Waals surface area (Å²) < 4.78 is 11.4. The number of carbonyl (C=O) groups excluding carboxylic acids is 1. The van der Waals surface area contributed by atoms with E-state index in [0.29, 0.717) is 35.2 Å². The summed E-state index contributed by atoms with van der Waals surface area (Å²) in [6.45, 7) is 6.20. The van der Waals surface area contributed by atoms with E-state index in [2.05, 4.69) is 25.1 Å². The van der Waals surface area contributed by atoms with Gasteiger partial charge in [0.2, 0.25) is 11.9 Å². The Morgan fingerprint density at radius 2 is 1.56 bits per heavy atom. The zero-order valence-corrected chi connectivity index (χ0v) is 20.5. The second-order valence-corrected chi connectivity index (χ2v) is 9.15. The Morgan fingerprint density at radius 1 is 0.941 bits per heavy atom. The van der Waals surface area contributed by atoms with Gasteiger partial charge in [-0.1, -0.05) is 11.6 Å². The van der Waals surface area contributed by atoms with Crippen molar-refractivity contribution in [3.05, 3.63) is 28.8 Å². The maximum atomic E-state index is 12.2. The first-order valence-electron chi connectivity index (χ1n) is 12.1. The first kappa shape index (κ1) is 24.3. The largest absolute Gasteiger partial charge is 0.484 e. The summed E-state index contributed by atoms with van der Waals surface area (Å²) in [5.74, 6) is 1.77. The number of nitrogens with zero attached hydrogens (tertiary/aromatic N) is 5. The van der Waals surface area contributed by atoms with Crippen molar-refractivity contribution < 1.29 is 14.3 Å². The minimum Gasteiger partial charge on any atom is -0.484 e. The molecule has 0 bridgehead atoms. The van der Waals surface area contributed by atoms with E-state index in [-0.39, 0.29) is 19.1 Å². The predicted molar refractivity (Wildman–Crippen MR) is 132 cm³/mol. The molecule has 4 rings (SSSR count). The summed E-state index contributed by atoms with van der Waals surface area (Å²) in [7, 11) is 0. The molecule has 0 atom stereocenters. The van der Waals surface area contributed by atoms with Crippen LogP contribution in [0.1, 0.15) is 44.1 Å². The van der Waals surface area contributed by atoms with Crippen LogP contribution in [-0.4, -0.2) is 66.8 Å². The SMILES string of the molecule is Cc1cc(Cl)ccc1OCC(=O)NCCOc1nc(N2CCCCC2)nc(N2CCCCC2)n1. The fraction of sp³-hybridized carbons (Fsp3) is 0.583. The molecule has 1 N–H and O–H groups in total.